The number of amides is 1. The molecule has 1 fully saturated rings. The van der Waals surface area contributed by atoms with Crippen LogP contribution in [0.4, 0.5) is 14.5 Å². The zero-order chi connectivity index (χ0) is 23.2. The van der Waals surface area contributed by atoms with E-state index in [1.54, 1.807) is 0 Å². The quantitative estimate of drug-likeness (QED) is 0.563. The third-order valence-corrected chi connectivity index (χ3v) is 5.89. The molecule has 0 bridgehead atoms. The van der Waals surface area contributed by atoms with Crippen molar-refractivity contribution in [1.82, 2.24) is 10.2 Å². The van der Waals surface area contributed by atoms with E-state index in [1.165, 1.54) is 6.26 Å². The zero-order valence-electron chi connectivity index (χ0n) is 18.1. The van der Waals surface area contributed by atoms with Gasteiger partial charge in [-0.3, -0.25) is 9.69 Å². The second kappa shape index (κ2) is 10.6. The third-order valence-electron chi connectivity index (χ3n) is 5.89. The highest BCUT2D eigenvalue weighted by atomic mass is 19.2. The van der Waals surface area contributed by atoms with Crippen molar-refractivity contribution < 1.29 is 28.2 Å². The molecule has 176 valence electrons. The summed E-state index contributed by atoms with van der Waals surface area (Å²) in [7, 11) is 0. The van der Waals surface area contributed by atoms with Crippen LogP contribution in [0.5, 0.6) is 0 Å². The van der Waals surface area contributed by atoms with E-state index in [1.807, 2.05) is 35.2 Å². The fourth-order valence-electron chi connectivity index (χ4n) is 4.13. The number of carbonyl (C=O) groups is 1. The minimum atomic E-state index is -0.990. The minimum Gasteiger partial charge on any atom is -0.462 e. The molecule has 33 heavy (non-hydrogen) atoms. The second-order valence-corrected chi connectivity index (χ2v) is 8.09. The van der Waals surface area contributed by atoms with Gasteiger partial charge in [-0.1, -0.05) is 30.3 Å². The van der Waals surface area contributed by atoms with Crippen LogP contribution in [0.1, 0.15) is 24.0 Å². The lowest BCUT2D eigenvalue weighted by atomic mass is 10.0. The van der Waals surface area contributed by atoms with Gasteiger partial charge in [0.15, 0.2) is 23.4 Å². The fraction of sp³-hybridized carbons (Fsp3) is 0.375. The van der Waals surface area contributed by atoms with Gasteiger partial charge in [0.25, 0.3) is 0 Å². The highest BCUT2D eigenvalue weighted by Gasteiger charge is 2.35. The van der Waals surface area contributed by atoms with Gasteiger partial charge in [-0.05, 0) is 24.5 Å². The molecule has 0 spiro atoms. The van der Waals surface area contributed by atoms with E-state index < -0.39 is 24.3 Å². The van der Waals surface area contributed by atoms with Crippen molar-refractivity contribution in [2.24, 2.45) is 0 Å². The van der Waals surface area contributed by atoms with Crippen LogP contribution < -0.4 is 10.6 Å². The van der Waals surface area contributed by atoms with Crippen molar-refractivity contribution in [3.8, 4) is 0 Å². The summed E-state index contributed by atoms with van der Waals surface area (Å²) in [5.74, 6) is -1.66. The van der Waals surface area contributed by atoms with Gasteiger partial charge >= 0.3 is 0 Å². The average Bonchev–Trinajstić information content (AvgIpc) is 3.36. The molecule has 2 aromatic rings. The summed E-state index contributed by atoms with van der Waals surface area (Å²) in [6.07, 6.45) is 2.81. The van der Waals surface area contributed by atoms with Crippen LogP contribution in [0, 0.1) is 11.6 Å². The normalized spacial score (nSPS) is 17.6. The standard InChI is InChI=1S/C24H27F2N3O4/c25-19-10-17(13-30)21(11-20(19)26)28-18-6-8-29(9-7-18)23(22-14-32-15-33-22)24(31)27-12-16-4-2-1-3-5-16/h1-5,10-11,14,18,23,28,30H,6-9,12-13,15H2,(H,27,31). The summed E-state index contributed by atoms with van der Waals surface area (Å²) in [6.45, 7) is 1.26. The number of aliphatic hydroxyl groups is 1. The molecule has 1 unspecified atom stereocenters. The van der Waals surface area contributed by atoms with Crippen molar-refractivity contribution >= 4 is 11.6 Å². The van der Waals surface area contributed by atoms with Crippen molar-refractivity contribution in [3.05, 3.63) is 77.2 Å². The lowest BCUT2D eigenvalue weighted by Crippen LogP contribution is -2.52. The molecule has 7 nitrogen and oxygen atoms in total. The lowest BCUT2D eigenvalue weighted by molar-refractivity contribution is -0.127. The molecular weight excluding hydrogens is 432 g/mol. The van der Waals surface area contributed by atoms with Crippen LogP contribution in [-0.4, -0.2) is 47.9 Å². The minimum absolute atomic E-state index is 0.0147. The van der Waals surface area contributed by atoms with Crippen LogP contribution in [0.3, 0.4) is 0 Å². The van der Waals surface area contributed by atoms with E-state index >= 15 is 0 Å². The smallest absolute Gasteiger partial charge is 0.245 e. The molecule has 2 aromatic carbocycles. The number of likely N-dealkylation sites (tertiary alicyclic amines) is 1. The predicted molar refractivity (Wildman–Crippen MR) is 118 cm³/mol. The summed E-state index contributed by atoms with van der Waals surface area (Å²) in [5.41, 5.74) is 1.68. The van der Waals surface area contributed by atoms with E-state index in [9.17, 15) is 18.7 Å². The Morgan fingerprint density at radius 2 is 1.88 bits per heavy atom. The van der Waals surface area contributed by atoms with E-state index in [4.69, 9.17) is 9.47 Å². The third kappa shape index (κ3) is 5.61. The van der Waals surface area contributed by atoms with E-state index in [-0.39, 0.29) is 18.7 Å². The average molecular weight is 459 g/mol. The molecule has 3 N–H and O–H groups in total. The Morgan fingerprint density at radius 1 is 1.15 bits per heavy atom. The largest absolute Gasteiger partial charge is 0.462 e. The van der Waals surface area contributed by atoms with Crippen LogP contribution in [0.15, 0.2) is 54.5 Å². The van der Waals surface area contributed by atoms with Gasteiger partial charge < -0.3 is 25.2 Å². The molecule has 1 amide bonds. The number of nitrogens with one attached hydrogen (secondary N) is 2. The molecule has 2 aliphatic rings. The first-order chi connectivity index (χ1) is 16.0. The van der Waals surface area contributed by atoms with Gasteiger partial charge in [-0.2, -0.15) is 0 Å². The Morgan fingerprint density at radius 3 is 2.55 bits per heavy atom. The van der Waals surface area contributed by atoms with Crippen molar-refractivity contribution in [2.45, 2.75) is 38.1 Å². The number of carbonyl (C=O) groups excluding carboxylic acids is 1. The summed E-state index contributed by atoms with van der Waals surface area (Å²) in [5, 5.41) is 15.7. The molecular formula is C24H27F2N3O4. The maximum Gasteiger partial charge on any atom is 0.245 e. The van der Waals surface area contributed by atoms with Crippen LogP contribution >= 0.6 is 0 Å². The molecule has 9 heteroatoms. The number of benzene rings is 2. The number of hydrogen-bond acceptors (Lipinski definition) is 6. The van der Waals surface area contributed by atoms with E-state index in [2.05, 4.69) is 10.6 Å². The molecule has 0 aromatic heterocycles. The number of ether oxygens (including phenoxy) is 2. The monoisotopic (exact) mass is 459 g/mol. The van der Waals surface area contributed by atoms with Crippen LogP contribution in [0.2, 0.25) is 0 Å². The first kappa shape index (κ1) is 23.0. The van der Waals surface area contributed by atoms with Crippen LogP contribution in [-0.2, 0) is 27.4 Å². The van der Waals surface area contributed by atoms with E-state index in [0.29, 0.717) is 49.5 Å². The van der Waals surface area contributed by atoms with Gasteiger partial charge in [0.2, 0.25) is 12.7 Å². The SMILES string of the molecule is O=C(NCc1ccccc1)C(C1=COCO1)N1CCC(Nc2cc(F)c(F)cc2CO)CC1. The Balaban J connectivity index is 1.39. The number of piperidine rings is 1. The first-order valence-corrected chi connectivity index (χ1v) is 10.9. The van der Waals surface area contributed by atoms with Crippen molar-refractivity contribution in [3.63, 3.8) is 0 Å². The second-order valence-electron chi connectivity index (χ2n) is 8.09. The zero-order valence-corrected chi connectivity index (χ0v) is 18.1. The Labute approximate surface area is 191 Å². The number of nitrogens with zero attached hydrogens (tertiary/aromatic N) is 1. The number of aliphatic hydroxyl groups excluding tert-OH is 1. The molecule has 2 heterocycles. The highest BCUT2D eigenvalue weighted by Crippen LogP contribution is 2.26. The molecule has 0 aliphatic carbocycles. The van der Waals surface area contributed by atoms with Crippen molar-refractivity contribution in [1.29, 1.82) is 0 Å². The summed E-state index contributed by atoms with van der Waals surface area (Å²) >= 11 is 0. The first-order valence-electron chi connectivity index (χ1n) is 10.9. The summed E-state index contributed by atoms with van der Waals surface area (Å²) in [4.78, 5) is 15.1. The summed E-state index contributed by atoms with van der Waals surface area (Å²) in [6, 6.07) is 11.1. The van der Waals surface area contributed by atoms with Crippen molar-refractivity contribution in [2.75, 3.05) is 25.2 Å². The van der Waals surface area contributed by atoms with Gasteiger partial charge in [-0.15, -0.1) is 0 Å². The molecule has 1 atom stereocenters. The van der Waals surface area contributed by atoms with Gasteiger partial charge in [0.1, 0.15) is 6.26 Å². The number of rotatable bonds is 8. The number of halogens is 2. The van der Waals surface area contributed by atoms with E-state index in [0.717, 1.165) is 17.7 Å². The molecule has 0 saturated carbocycles. The Kier molecular flexibility index (Phi) is 7.41. The molecule has 1 saturated heterocycles. The molecule has 0 radical (unpaired) electrons. The summed E-state index contributed by atoms with van der Waals surface area (Å²) < 4.78 is 37.9. The topological polar surface area (TPSA) is 83.1 Å². The predicted octanol–water partition coefficient (Wildman–Crippen LogP) is 2.86. The lowest BCUT2D eigenvalue weighted by Gasteiger charge is -2.37. The number of anilines is 1. The Bertz CT molecular complexity index is 995. The van der Waals surface area contributed by atoms with Gasteiger partial charge in [0, 0.05) is 43.0 Å². The highest BCUT2D eigenvalue weighted by molar-refractivity contribution is 5.84. The molecule has 2 aliphatic heterocycles. The maximum atomic E-state index is 13.7. The van der Waals surface area contributed by atoms with Gasteiger partial charge in [0.05, 0.1) is 6.61 Å². The van der Waals surface area contributed by atoms with Gasteiger partial charge in [-0.25, -0.2) is 8.78 Å². The molecule has 4 rings (SSSR count). The van der Waals surface area contributed by atoms with Crippen LogP contribution in [0.25, 0.3) is 0 Å². The number of hydrogen-bond donors (Lipinski definition) is 3. The maximum absolute atomic E-state index is 13.7. The fourth-order valence-corrected chi connectivity index (χ4v) is 4.13. The Hall–Kier alpha value is -3.17.